The highest BCUT2D eigenvalue weighted by molar-refractivity contribution is 9.10. The van der Waals surface area contributed by atoms with E-state index in [-0.39, 0.29) is 12.1 Å². The fourth-order valence-electron chi connectivity index (χ4n) is 2.99. The molecule has 7 heteroatoms. The summed E-state index contributed by atoms with van der Waals surface area (Å²) < 4.78 is 12.0. The van der Waals surface area contributed by atoms with E-state index in [4.69, 9.17) is 9.26 Å². The maximum Gasteiger partial charge on any atom is 0.245 e. The first kappa shape index (κ1) is 17.2. The molecule has 2 N–H and O–H groups in total. The van der Waals surface area contributed by atoms with Gasteiger partial charge in [0.2, 0.25) is 11.7 Å². The molecule has 1 saturated heterocycles. The van der Waals surface area contributed by atoms with E-state index in [1.165, 1.54) is 5.56 Å². The molecule has 2 atom stereocenters. The molecule has 0 bridgehead atoms. The summed E-state index contributed by atoms with van der Waals surface area (Å²) >= 11 is 3.43. The van der Waals surface area contributed by atoms with Gasteiger partial charge < -0.3 is 9.26 Å². The summed E-state index contributed by atoms with van der Waals surface area (Å²) in [6.07, 6.45) is 0.829. The summed E-state index contributed by atoms with van der Waals surface area (Å²) in [5.41, 5.74) is 8.67. The van der Waals surface area contributed by atoms with E-state index >= 15 is 0 Å². The number of nitrogens with one attached hydrogen (secondary N) is 2. The summed E-state index contributed by atoms with van der Waals surface area (Å²) in [6.45, 7) is 2.65. The lowest BCUT2D eigenvalue weighted by Gasteiger charge is -2.10. The summed E-state index contributed by atoms with van der Waals surface area (Å²) in [5.74, 6) is 2.07. The van der Waals surface area contributed by atoms with Crippen molar-refractivity contribution in [2.24, 2.45) is 0 Å². The van der Waals surface area contributed by atoms with Crippen LogP contribution in [0.25, 0.3) is 11.4 Å². The average Bonchev–Trinajstić information content (AvgIpc) is 3.33. The fraction of sp³-hybridized carbons (Fsp3) is 0.263. The van der Waals surface area contributed by atoms with Gasteiger partial charge in [-0.1, -0.05) is 33.2 Å². The van der Waals surface area contributed by atoms with Crippen molar-refractivity contribution in [1.82, 2.24) is 21.0 Å². The van der Waals surface area contributed by atoms with Crippen LogP contribution in [0.3, 0.4) is 0 Å². The Bertz CT molecular complexity index is 864. The third kappa shape index (κ3) is 3.65. The lowest BCUT2D eigenvalue weighted by molar-refractivity contribution is 0.339. The molecular weight excluding hydrogens is 396 g/mol. The Kier molecular flexibility index (Phi) is 5.01. The minimum atomic E-state index is -0.0248. The molecule has 6 nitrogen and oxygen atoms in total. The van der Waals surface area contributed by atoms with E-state index in [0.717, 1.165) is 22.2 Å². The Morgan fingerprint density at radius 1 is 1.08 bits per heavy atom. The zero-order valence-electron chi connectivity index (χ0n) is 14.3. The number of ether oxygens (including phenoxy) is 1. The molecule has 2 unspecified atom stereocenters. The van der Waals surface area contributed by atoms with Crippen LogP contribution < -0.4 is 15.6 Å². The van der Waals surface area contributed by atoms with E-state index < -0.39 is 0 Å². The zero-order valence-corrected chi connectivity index (χ0v) is 15.9. The minimum absolute atomic E-state index is 0.0248. The number of aromatic nitrogens is 2. The zero-order chi connectivity index (χ0) is 17.9. The van der Waals surface area contributed by atoms with Gasteiger partial charge in [-0.25, -0.2) is 10.9 Å². The second-order valence-corrected chi connectivity index (χ2v) is 7.01. The van der Waals surface area contributed by atoms with Crippen LogP contribution in [0.2, 0.25) is 0 Å². The summed E-state index contributed by atoms with van der Waals surface area (Å²) in [4.78, 5) is 4.54. The highest BCUT2D eigenvalue weighted by Gasteiger charge is 2.30. The largest absolute Gasteiger partial charge is 0.494 e. The van der Waals surface area contributed by atoms with Crippen molar-refractivity contribution < 1.29 is 9.26 Å². The molecular formula is C19H19BrN4O2. The number of halogens is 1. The van der Waals surface area contributed by atoms with E-state index in [1.807, 2.05) is 43.3 Å². The van der Waals surface area contributed by atoms with E-state index in [0.29, 0.717) is 18.3 Å². The predicted molar refractivity (Wildman–Crippen MR) is 101 cm³/mol. The lowest BCUT2D eigenvalue weighted by Crippen LogP contribution is -2.26. The molecule has 1 aliphatic heterocycles. The average molecular weight is 415 g/mol. The monoisotopic (exact) mass is 414 g/mol. The van der Waals surface area contributed by atoms with Gasteiger partial charge in [0.1, 0.15) is 11.8 Å². The number of hydrazine groups is 1. The van der Waals surface area contributed by atoms with Gasteiger partial charge in [0, 0.05) is 16.1 Å². The minimum Gasteiger partial charge on any atom is -0.494 e. The van der Waals surface area contributed by atoms with Gasteiger partial charge in [-0.05, 0) is 55.3 Å². The second-order valence-electron chi connectivity index (χ2n) is 6.09. The molecule has 1 aliphatic rings. The maximum absolute atomic E-state index is 5.49. The van der Waals surface area contributed by atoms with Crippen LogP contribution in [0.4, 0.5) is 0 Å². The molecule has 0 spiro atoms. The first-order valence-corrected chi connectivity index (χ1v) is 9.35. The molecule has 2 aromatic carbocycles. The Hall–Kier alpha value is -2.22. The number of rotatable bonds is 5. The molecule has 0 saturated carbocycles. The van der Waals surface area contributed by atoms with Crippen LogP contribution >= 0.6 is 15.9 Å². The molecule has 4 rings (SSSR count). The van der Waals surface area contributed by atoms with Crippen LogP contribution in [0, 0.1) is 0 Å². The van der Waals surface area contributed by atoms with Crippen LogP contribution in [0.5, 0.6) is 5.75 Å². The number of hydrogen-bond donors (Lipinski definition) is 2. The highest BCUT2D eigenvalue weighted by Crippen LogP contribution is 2.31. The van der Waals surface area contributed by atoms with Crippen molar-refractivity contribution in [1.29, 1.82) is 0 Å². The first-order chi connectivity index (χ1) is 12.7. The van der Waals surface area contributed by atoms with E-state index in [9.17, 15) is 0 Å². The van der Waals surface area contributed by atoms with Crippen molar-refractivity contribution in [2.45, 2.75) is 25.4 Å². The molecule has 0 amide bonds. The number of benzene rings is 2. The van der Waals surface area contributed by atoms with Gasteiger partial charge in [-0.2, -0.15) is 4.98 Å². The fourth-order valence-corrected chi connectivity index (χ4v) is 3.26. The molecule has 26 heavy (non-hydrogen) atoms. The summed E-state index contributed by atoms with van der Waals surface area (Å²) in [7, 11) is 0. The third-order valence-corrected chi connectivity index (χ3v) is 4.87. The van der Waals surface area contributed by atoms with Gasteiger partial charge >= 0.3 is 0 Å². The molecule has 0 radical (unpaired) electrons. The molecule has 1 fully saturated rings. The van der Waals surface area contributed by atoms with E-state index in [2.05, 4.69) is 49.1 Å². The van der Waals surface area contributed by atoms with Gasteiger partial charge in [-0.3, -0.25) is 0 Å². The van der Waals surface area contributed by atoms with Gasteiger partial charge in [-0.15, -0.1) is 0 Å². The third-order valence-electron chi connectivity index (χ3n) is 4.34. The van der Waals surface area contributed by atoms with Crippen molar-refractivity contribution in [3.63, 3.8) is 0 Å². The Morgan fingerprint density at radius 3 is 2.54 bits per heavy atom. The maximum atomic E-state index is 5.49. The molecule has 134 valence electrons. The molecule has 0 aliphatic carbocycles. The first-order valence-electron chi connectivity index (χ1n) is 8.56. The van der Waals surface area contributed by atoms with Crippen molar-refractivity contribution in [3.05, 3.63) is 64.5 Å². The smallest absolute Gasteiger partial charge is 0.245 e. The number of hydrogen-bond acceptors (Lipinski definition) is 6. The Morgan fingerprint density at radius 2 is 1.81 bits per heavy atom. The van der Waals surface area contributed by atoms with Crippen LogP contribution in [0.1, 0.15) is 36.9 Å². The standard InChI is InChI=1S/C19H19BrN4O2/c1-2-25-15-9-5-12(6-10-15)16-11-17(23-22-16)19-21-18(24-26-19)13-3-7-14(20)8-4-13/h3-10,16-17,22-23H,2,11H2,1H3. The summed E-state index contributed by atoms with van der Waals surface area (Å²) in [6, 6.07) is 16.1. The molecule has 2 heterocycles. The van der Waals surface area contributed by atoms with Gasteiger partial charge in [0.15, 0.2) is 0 Å². The quantitative estimate of drug-likeness (QED) is 0.652. The molecule has 1 aromatic heterocycles. The predicted octanol–water partition coefficient (Wildman–Crippen LogP) is 4.18. The second kappa shape index (κ2) is 7.57. The Labute approximate surface area is 160 Å². The SMILES string of the molecule is CCOc1ccc(C2CC(c3nc(-c4ccc(Br)cc4)no3)NN2)cc1. The van der Waals surface area contributed by atoms with Crippen LogP contribution in [-0.2, 0) is 0 Å². The van der Waals surface area contributed by atoms with Gasteiger partial charge in [0.05, 0.1) is 6.61 Å². The number of nitrogens with zero attached hydrogens (tertiary/aromatic N) is 2. The van der Waals surface area contributed by atoms with Gasteiger partial charge in [0.25, 0.3) is 0 Å². The highest BCUT2D eigenvalue weighted by atomic mass is 79.9. The Balaban J connectivity index is 1.44. The summed E-state index contributed by atoms with van der Waals surface area (Å²) in [5, 5.41) is 4.10. The van der Waals surface area contributed by atoms with Crippen LogP contribution in [-0.4, -0.2) is 16.7 Å². The van der Waals surface area contributed by atoms with Crippen LogP contribution in [0.15, 0.2) is 57.5 Å². The van der Waals surface area contributed by atoms with E-state index in [1.54, 1.807) is 0 Å². The van der Waals surface area contributed by atoms with Crippen molar-refractivity contribution in [2.75, 3.05) is 6.61 Å². The van der Waals surface area contributed by atoms with Crippen molar-refractivity contribution in [3.8, 4) is 17.1 Å². The van der Waals surface area contributed by atoms with Crippen molar-refractivity contribution >= 4 is 15.9 Å². The molecule has 3 aromatic rings. The topological polar surface area (TPSA) is 72.2 Å². The lowest BCUT2D eigenvalue weighted by atomic mass is 10.0. The normalized spacial score (nSPS) is 19.6.